The molecule has 0 radical (unpaired) electrons. The van der Waals surface area contributed by atoms with Crippen LogP contribution in [0.1, 0.15) is 50.7 Å². The van der Waals surface area contributed by atoms with E-state index in [4.69, 9.17) is 0 Å². The van der Waals surface area contributed by atoms with Gasteiger partial charge >= 0.3 is 0 Å². The van der Waals surface area contributed by atoms with Crippen LogP contribution in [0.5, 0.6) is 0 Å². The molecule has 3 aromatic rings. The fraction of sp³-hybridized carbons (Fsp3) is 0.370. The molecular weight excluding hydrogens is 404 g/mol. The largest absolute Gasteiger partial charge is 0.382 e. The van der Waals surface area contributed by atoms with E-state index in [0.29, 0.717) is 39.7 Å². The van der Waals surface area contributed by atoms with Gasteiger partial charge in [-0.25, -0.2) is 13.8 Å². The first-order valence-corrected chi connectivity index (χ1v) is 11.4. The number of nitrogens with zero attached hydrogens (tertiary/aromatic N) is 1. The topological polar surface area (TPSA) is 37.0 Å². The number of hydrogen-bond acceptors (Lipinski definition) is 3. The van der Waals surface area contributed by atoms with Crippen LogP contribution < -0.4 is 10.6 Å². The monoisotopic (exact) mass is 435 g/mol. The van der Waals surface area contributed by atoms with Crippen molar-refractivity contribution >= 4 is 11.5 Å². The van der Waals surface area contributed by atoms with Gasteiger partial charge < -0.3 is 10.6 Å². The van der Waals surface area contributed by atoms with Gasteiger partial charge in [-0.05, 0) is 81.5 Å². The molecule has 0 spiro atoms. The number of rotatable bonds is 6. The molecule has 3 nitrogen and oxygen atoms in total. The van der Waals surface area contributed by atoms with Gasteiger partial charge in [0.2, 0.25) is 0 Å². The minimum Gasteiger partial charge on any atom is -0.382 e. The van der Waals surface area contributed by atoms with Crippen LogP contribution >= 0.6 is 0 Å². The molecule has 4 rings (SSSR count). The number of benzene rings is 2. The van der Waals surface area contributed by atoms with E-state index in [9.17, 15) is 0 Å². The smallest absolute Gasteiger partial charge is 0.135 e. The predicted molar refractivity (Wildman–Crippen MR) is 129 cm³/mol. The lowest BCUT2D eigenvalue weighted by Gasteiger charge is -2.18. The number of halogens is 2. The SMILES string of the molecule is Cc1c(F)c(-c2ccc(NC(C)C)nc2)c(C)c(F)c1-c1ccc(NC2CCCC2)cc1. The molecule has 0 aliphatic heterocycles. The first-order valence-electron chi connectivity index (χ1n) is 11.4. The van der Waals surface area contributed by atoms with Gasteiger partial charge in [0.15, 0.2) is 0 Å². The Morgan fingerprint density at radius 3 is 1.94 bits per heavy atom. The van der Waals surface area contributed by atoms with Gasteiger partial charge in [0.1, 0.15) is 17.5 Å². The summed E-state index contributed by atoms with van der Waals surface area (Å²) in [5, 5.41) is 6.75. The molecule has 5 heteroatoms. The fourth-order valence-corrected chi connectivity index (χ4v) is 4.57. The molecule has 1 aliphatic rings. The first kappa shape index (κ1) is 22.3. The van der Waals surface area contributed by atoms with Crippen LogP contribution in [0.2, 0.25) is 0 Å². The minimum absolute atomic E-state index is 0.241. The molecule has 0 bridgehead atoms. The zero-order valence-electron chi connectivity index (χ0n) is 19.2. The lowest BCUT2D eigenvalue weighted by molar-refractivity contribution is 0.592. The highest BCUT2D eigenvalue weighted by atomic mass is 19.1. The molecule has 2 aromatic carbocycles. The van der Waals surface area contributed by atoms with E-state index in [1.165, 1.54) is 25.7 Å². The van der Waals surface area contributed by atoms with E-state index < -0.39 is 5.82 Å². The third-order valence-electron chi connectivity index (χ3n) is 6.24. The highest BCUT2D eigenvalue weighted by Crippen LogP contribution is 2.38. The summed E-state index contributed by atoms with van der Waals surface area (Å²) in [5.41, 5.74) is 3.47. The Labute approximate surface area is 189 Å². The third kappa shape index (κ3) is 4.47. The predicted octanol–water partition coefficient (Wildman–Crippen LogP) is 7.49. The van der Waals surface area contributed by atoms with E-state index in [1.54, 1.807) is 32.2 Å². The second kappa shape index (κ2) is 9.27. The molecule has 1 heterocycles. The Kier molecular flexibility index (Phi) is 6.45. The number of nitrogens with one attached hydrogen (secondary N) is 2. The summed E-state index contributed by atoms with van der Waals surface area (Å²) >= 11 is 0. The van der Waals surface area contributed by atoms with E-state index in [2.05, 4.69) is 15.6 Å². The highest BCUT2D eigenvalue weighted by Gasteiger charge is 2.22. The highest BCUT2D eigenvalue weighted by molar-refractivity contribution is 5.78. The van der Waals surface area contributed by atoms with Crippen LogP contribution in [-0.2, 0) is 0 Å². The van der Waals surface area contributed by atoms with Crippen molar-refractivity contribution in [2.45, 2.75) is 65.5 Å². The van der Waals surface area contributed by atoms with Crippen molar-refractivity contribution in [2.24, 2.45) is 0 Å². The number of aromatic nitrogens is 1. The van der Waals surface area contributed by atoms with E-state index >= 15 is 8.78 Å². The molecule has 1 fully saturated rings. The average molecular weight is 436 g/mol. The average Bonchev–Trinajstić information content (AvgIpc) is 3.28. The van der Waals surface area contributed by atoms with Crippen molar-refractivity contribution in [3.63, 3.8) is 0 Å². The van der Waals surface area contributed by atoms with Crippen LogP contribution in [0, 0.1) is 25.5 Å². The zero-order chi connectivity index (χ0) is 22.8. The summed E-state index contributed by atoms with van der Waals surface area (Å²) in [7, 11) is 0. The Bertz CT molecular complexity index is 1050. The summed E-state index contributed by atoms with van der Waals surface area (Å²) in [6.45, 7) is 7.32. The van der Waals surface area contributed by atoms with Crippen molar-refractivity contribution in [3.05, 3.63) is 65.4 Å². The Morgan fingerprint density at radius 1 is 0.844 bits per heavy atom. The Hall–Kier alpha value is -2.95. The van der Waals surface area contributed by atoms with Crippen molar-refractivity contribution in [1.29, 1.82) is 0 Å². The molecule has 0 unspecified atom stereocenters. The molecule has 1 saturated carbocycles. The van der Waals surface area contributed by atoms with Crippen molar-refractivity contribution in [2.75, 3.05) is 10.6 Å². The lowest BCUT2D eigenvalue weighted by Crippen LogP contribution is -2.14. The molecular formula is C27H31F2N3. The van der Waals surface area contributed by atoms with E-state index in [0.717, 1.165) is 5.69 Å². The van der Waals surface area contributed by atoms with Gasteiger partial charge in [-0.1, -0.05) is 25.0 Å². The number of hydrogen-bond donors (Lipinski definition) is 2. The van der Waals surface area contributed by atoms with E-state index in [-0.39, 0.29) is 17.4 Å². The normalized spacial score (nSPS) is 14.2. The summed E-state index contributed by atoms with van der Waals surface area (Å²) in [6, 6.07) is 12.0. The molecule has 32 heavy (non-hydrogen) atoms. The van der Waals surface area contributed by atoms with Crippen LogP contribution in [0.3, 0.4) is 0 Å². The van der Waals surface area contributed by atoms with E-state index in [1.807, 2.05) is 38.1 Å². The van der Waals surface area contributed by atoms with Crippen molar-refractivity contribution < 1.29 is 8.78 Å². The molecule has 2 N–H and O–H groups in total. The first-order chi connectivity index (χ1) is 15.3. The maximum absolute atomic E-state index is 15.5. The van der Waals surface area contributed by atoms with Crippen LogP contribution in [-0.4, -0.2) is 17.1 Å². The van der Waals surface area contributed by atoms with Gasteiger partial charge in [0, 0.05) is 40.7 Å². The van der Waals surface area contributed by atoms with Gasteiger partial charge in [-0.3, -0.25) is 0 Å². The number of anilines is 2. The lowest BCUT2D eigenvalue weighted by atomic mass is 9.90. The quantitative estimate of drug-likeness (QED) is 0.421. The second-order valence-corrected chi connectivity index (χ2v) is 9.06. The van der Waals surface area contributed by atoms with Crippen molar-refractivity contribution in [1.82, 2.24) is 4.98 Å². The summed E-state index contributed by atoms with van der Waals surface area (Å²) < 4.78 is 31.1. The summed E-state index contributed by atoms with van der Waals surface area (Å²) in [4.78, 5) is 4.36. The standard InChI is InChI=1S/C27H31F2N3/c1-16(2)31-23-14-11-20(15-30-23)25-18(4)26(28)24(17(3)27(25)29)19-9-12-22(13-10-19)32-21-7-5-6-8-21/h9-16,21,32H,5-8H2,1-4H3,(H,30,31). The molecule has 1 aliphatic carbocycles. The molecule has 1 aromatic heterocycles. The third-order valence-corrected chi connectivity index (χ3v) is 6.24. The van der Waals surface area contributed by atoms with Gasteiger partial charge in [-0.2, -0.15) is 0 Å². The maximum atomic E-state index is 15.5. The molecule has 168 valence electrons. The Morgan fingerprint density at radius 2 is 1.41 bits per heavy atom. The molecule has 0 amide bonds. The molecule has 0 atom stereocenters. The fourth-order valence-electron chi connectivity index (χ4n) is 4.57. The van der Waals surface area contributed by atoms with Crippen LogP contribution in [0.25, 0.3) is 22.3 Å². The minimum atomic E-state index is -0.404. The zero-order valence-corrected chi connectivity index (χ0v) is 19.2. The van der Waals surface area contributed by atoms with Crippen LogP contribution in [0.15, 0.2) is 42.6 Å². The molecule has 0 saturated heterocycles. The Balaban J connectivity index is 1.66. The van der Waals surface area contributed by atoms with Crippen LogP contribution in [0.4, 0.5) is 20.3 Å². The van der Waals surface area contributed by atoms with Gasteiger partial charge in [-0.15, -0.1) is 0 Å². The number of pyridine rings is 1. The van der Waals surface area contributed by atoms with Crippen molar-refractivity contribution in [3.8, 4) is 22.3 Å². The summed E-state index contributed by atoms with van der Waals surface area (Å²) in [5.74, 6) is -0.0832. The van der Waals surface area contributed by atoms with Gasteiger partial charge in [0.25, 0.3) is 0 Å². The second-order valence-electron chi connectivity index (χ2n) is 9.06. The summed E-state index contributed by atoms with van der Waals surface area (Å²) in [6.07, 6.45) is 6.49. The maximum Gasteiger partial charge on any atom is 0.135 e. The van der Waals surface area contributed by atoms with Gasteiger partial charge in [0.05, 0.1) is 0 Å².